The number of ether oxygens (including phenoxy) is 1. The van der Waals surface area contributed by atoms with Crippen LogP contribution in [0.5, 0.6) is 0 Å². The highest BCUT2D eigenvalue weighted by Crippen LogP contribution is 2.20. The molecule has 1 aromatic carbocycles. The van der Waals surface area contributed by atoms with Crippen molar-refractivity contribution >= 4 is 34.9 Å². The molecule has 0 N–H and O–H groups in total. The Kier molecular flexibility index (Phi) is 6.30. The summed E-state index contributed by atoms with van der Waals surface area (Å²) in [5, 5.41) is 21.9. The summed E-state index contributed by atoms with van der Waals surface area (Å²) >= 11 is 1.19. The normalized spacial score (nSPS) is 11.7. The van der Waals surface area contributed by atoms with E-state index >= 15 is 0 Å². The van der Waals surface area contributed by atoms with E-state index in [1.165, 1.54) is 35.6 Å². The molecule has 26 heavy (non-hydrogen) atoms. The summed E-state index contributed by atoms with van der Waals surface area (Å²) in [6.45, 7) is 1.19. The van der Waals surface area contributed by atoms with E-state index in [-0.39, 0.29) is 5.69 Å². The van der Waals surface area contributed by atoms with Gasteiger partial charge in [-0.2, -0.15) is 5.26 Å². The van der Waals surface area contributed by atoms with Crippen LogP contribution in [0.2, 0.25) is 0 Å². The van der Waals surface area contributed by atoms with Crippen LogP contribution < -0.4 is 0 Å². The van der Waals surface area contributed by atoms with Crippen LogP contribution in [0, 0.1) is 28.4 Å². The second kappa shape index (κ2) is 8.64. The molecule has 8 nitrogen and oxygen atoms in total. The smallest absolute Gasteiger partial charge is 0.331 e. The van der Waals surface area contributed by atoms with Crippen LogP contribution in [0.15, 0.2) is 35.7 Å². The van der Waals surface area contributed by atoms with Crippen molar-refractivity contribution in [3.8, 4) is 6.07 Å². The van der Waals surface area contributed by atoms with E-state index in [1.54, 1.807) is 18.4 Å². The molecule has 0 aliphatic rings. The van der Waals surface area contributed by atoms with Crippen molar-refractivity contribution in [3.05, 3.63) is 62.1 Å². The summed E-state index contributed by atoms with van der Waals surface area (Å²) in [4.78, 5) is 38.0. The molecule has 0 radical (unpaired) electrons. The Morgan fingerprint density at radius 2 is 2.27 bits per heavy atom. The maximum Gasteiger partial charge on any atom is 0.331 e. The Hall–Kier alpha value is -3.38. The highest BCUT2D eigenvalue weighted by atomic mass is 32.1. The zero-order chi connectivity index (χ0) is 19.1. The summed E-state index contributed by atoms with van der Waals surface area (Å²) < 4.78 is 4.83. The number of non-ortho nitro benzene ring substituents is 1. The number of esters is 1. The molecule has 0 amide bonds. The van der Waals surface area contributed by atoms with Crippen molar-refractivity contribution in [3.63, 3.8) is 0 Å². The SMILES string of the molecule is Cc1csc(C(C#N)C(=O)COC(=O)C=Cc2cccc([N+](=O)[O-])c2)n1. The summed E-state index contributed by atoms with van der Waals surface area (Å²) in [6.07, 6.45) is 2.40. The summed E-state index contributed by atoms with van der Waals surface area (Å²) in [6, 6.07) is 7.55. The lowest BCUT2D eigenvalue weighted by Crippen LogP contribution is -2.19. The van der Waals surface area contributed by atoms with Gasteiger partial charge in [0.05, 0.1) is 11.0 Å². The molecule has 1 unspecified atom stereocenters. The van der Waals surface area contributed by atoms with E-state index in [4.69, 9.17) is 10.00 Å². The maximum atomic E-state index is 12.1. The predicted octanol–water partition coefficient (Wildman–Crippen LogP) is 2.79. The Bertz CT molecular complexity index is 913. The summed E-state index contributed by atoms with van der Waals surface area (Å²) in [5.41, 5.74) is 1.04. The van der Waals surface area contributed by atoms with Crippen molar-refractivity contribution in [1.82, 2.24) is 4.98 Å². The molecule has 2 aromatic rings. The molecule has 0 fully saturated rings. The van der Waals surface area contributed by atoms with Gasteiger partial charge in [-0.1, -0.05) is 12.1 Å². The number of nitro benzene ring substituents is 1. The Balaban J connectivity index is 1.93. The number of nitrogens with zero attached hydrogens (tertiary/aromatic N) is 3. The lowest BCUT2D eigenvalue weighted by atomic mass is 10.1. The molecule has 0 saturated heterocycles. The molecule has 2 rings (SSSR count). The molecule has 1 aromatic heterocycles. The number of benzene rings is 1. The predicted molar refractivity (Wildman–Crippen MR) is 93.3 cm³/mol. The largest absolute Gasteiger partial charge is 0.454 e. The molecule has 0 bridgehead atoms. The average molecular weight is 371 g/mol. The van der Waals surface area contributed by atoms with Crippen molar-refractivity contribution in [2.45, 2.75) is 12.8 Å². The number of hydrogen-bond acceptors (Lipinski definition) is 8. The van der Waals surface area contributed by atoms with Crippen molar-refractivity contribution in [2.75, 3.05) is 6.61 Å². The van der Waals surface area contributed by atoms with Crippen LogP contribution in [-0.4, -0.2) is 28.3 Å². The quantitative estimate of drug-likeness (QED) is 0.317. The standard InChI is InChI=1S/C17H13N3O5S/c1-11-10-26-17(19-11)14(8-18)15(21)9-25-16(22)6-5-12-3-2-4-13(7-12)20(23)24/h2-7,10,14H,9H2,1H3. The fraction of sp³-hybridized carbons (Fsp3) is 0.176. The molecule has 1 heterocycles. The molecule has 9 heteroatoms. The summed E-state index contributed by atoms with van der Waals surface area (Å²) in [5.74, 6) is -2.45. The second-order valence-corrected chi connectivity index (χ2v) is 6.04. The van der Waals surface area contributed by atoms with Crippen molar-refractivity contribution in [2.24, 2.45) is 0 Å². The first-order chi connectivity index (χ1) is 12.4. The highest BCUT2D eigenvalue weighted by molar-refractivity contribution is 7.09. The maximum absolute atomic E-state index is 12.1. The van der Waals surface area contributed by atoms with Crippen LogP contribution in [0.4, 0.5) is 5.69 Å². The number of nitriles is 1. The number of ketones is 1. The fourth-order valence-corrected chi connectivity index (χ4v) is 2.81. The van der Waals surface area contributed by atoms with E-state index in [2.05, 4.69) is 4.98 Å². The van der Waals surface area contributed by atoms with Gasteiger partial charge in [-0.05, 0) is 18.6 Å². The number of thiazole rings is 1. The van der Waals surface area contributed by atoms with E-state index in [1.807, 2.05) is 6.07 Å². The first-order valence-corrected chi connectivity index (χ1v) is 8.22. The number of nitro groups is 1. The molecule has 0 spiro atoms. The van der Waals surface area contributed by atoms with E-state index in [9.17, 15) is 19.7 Å². The lowest BCUT2D eigenvalue weighted by molar-refractivity contribution is -0.384. The van der Waals surface area contributed by atoms with E-state index < -0.39 is 29.2 Å². The van der Waals surface area contributed by atoms with Crippen molar-refractivity contribution < 1.29 is 19.2 Å². The van der Waals surface area contributed by atoms with Crippen LogP contribution in [-0.2, 0) is 14.3 Å². The molecule has 1 atom stereocenters. The molecule has 0 saturated carbocycles. The number of carbonyl (C=O) groups is 2. The third-order valence-electron chi connectivity index (χ3n) is 3.18. The average Bonchev–Trinajstić information content (AvgIpc) is 3.05. The lowest BCUT2D eigenvalue weighted by Gasteiger charge is -2.05. The minimum absolute atomic E-state index is 0.105. The minimum atomic E-state index is -1.08. The van der Waals surface area contributed by atoms with Gasteiger partial charge < -0.3 is 4.74 Å². The Morgan fingerprint density at radius 1 is 1.50 bits per heavy atom. The Labute approximate surface area is 152 Å². The van der Waals surface area contributed by atoms with Crippen LogP contribution >= 0.6 is 11.3 Å². The van der Waals surface area contributed by atoms with E-state index in [0.717, 1.165) is 6.08 Å². The van der Waals surface area contributed by atoms with Crippen LogP contribution in [0.25, 0.3) is 6.08 Å². The van der Waals surface area contributed by atoms with Gasteiger partial charge in [0.15, 0.2) is 18.3 Å². The molecule has 0 aliphatic heterocycles. The topological polar surface area (TPSA) is 123 Å². The number of aromatic nitrogens is 1. The van der Waals surface area contributed by atoms with Gasteiger partial charge in [0.1, 0.15) is 5.01 Å². The number of hydrogen-bond donors (Lipinski definition) is 0. The minimum Gasteiger partial charge on any atom is -0.454 e. The van der Waals surface area contributed by atoms with Gasteiger partial charge in [0.25, 0.3) is 5.69 Å². The first-order valence-electron chi connectivity index (χ1n) is 7.34. The van der Waals surface area contributed by atoms with Gasteiger partial charge >= 0.3 is 5.97 Å². The number of aryl methyl sites for hydroxylation is 1. The molecular formula is C17H13N3O5S. The third-order valence-corrected chi connectivity index (χ3v) is 4.21. The van der Waals surface area contributed by atoms with Gasteiger partial charge in [-0.25, -0.2) is 9.78 Å². The molecule has 132 valence electrons. The van der Waals surface area contributed by atoms with Gasteiger partial charge in [-0.15, -0.1) is 11.3 Å². The Morgan fingerprint density at radius 3 is 2.88 bits per heavy atom. The van der Waals surface area contributed by atoms with Gasteiger partial charge in [0, 0.05) is 29.3 Å². The third kappa shape index (κ3) is 5.06. The fourth-order valence-electron chi connectivity index (χ4n) is 1.95. The van der Waals surface area contributed by atoms with Crippen LogP contribution in [0.1, 0.15) is 22.2 Å². The number of Topliss-reactive ketones (excluding diaryl/α,β-unsaturated/α-hetero) is 1. The van der Waals surface area contributed by atoms with Crippen LogP contribution in [0.3, 0.4) is 0 Å². The molecule has 0 aliphatic carbocycles. The zero-order valence-corrected chi connectivity index (χ0v) is 14.4. The van der Waals surface area contributed by atoms with E-state index in [0.29, 0.717) is 16.3 Å². The van der Waals surface area contributed by atoms with Gasteiger partial charge in [0.2, 0.25) is 0 Å². The first kappa shape index (κ1) is 19.0. The highest BCUT2D eigenvalue weighted by Gasteiger charge is 2.24. The van der Waals surface area contributed by atoms with Gasteiger partial charge in [-0.3, -0.25) is 14.9 Å². The second-order valence-electron chi connectivity index (χ2n) is 5.15. The zero-order valence-electron chi connectivity index (χ0n) is 13.6. The number of rotatable bonds is 7. The van der Waals surface area contributed by atoms with Crippen molar-refractivity contribution in [1.29, 1.82) is 5.26 Å². The monoisotopic (exact) mass is 371 g/mol. The number of carbonyl (C=O) groups excluding carboxylic acids is 2. The summed E-state index contributed by atoms with van der Waals surface area (Å²) in [7, 11) is 0. The molecular weight excluding hydrogens is 358 g/mol.